The van der Waals surface area contributed by atoms with Crippen LogP contribution in [-0.4, -0.2) is 7.11 Å². The lowest BCUT2D eigenvalue weighted by molar-refractivity contribution is 0.228. The topological polar surface area (TPSA) is 9.23 Å². The third-order valence-electron chi connectivity index (χ3n) is 6.88. The van der Waals surface area contributed by atoms with E-state index in [-0.39, 0.29) is 0 Å². The summed E-state index contributed by atoms with van der Waals surface area (Å²) < 4.78 is 5.43. The fraction of sp³-hybridized carbons (Fsp3) is 0.200. The van der Waals surface area contributed by atoms with Gasteiger partial charge in [0.15, 0.2) is 0 Å². The highest BCUT2D eigenvalue weighted by Gasteiger charge is 2.52. The first-order valence-corrected chi connectivity index (χ1v) is 11.1. The van der Waals surface area contributed by atoms with Gasteiger partial charge in [0.25, 0.3) is 0 Å². The monoisotopic (exact) mass is 404 g/mol. The van der Waals surface area contributed by atoms with Crippen molar-refractivity contribution in [2.75, 3.05) is 7.11 Å². The lowest BCUT2D eigenvalue weighted by Crippen LogP contribution is -2.40. The number of benzene rings is 4. The Hall–Kier alpha value is -3.32. The van der Waals surface area contributed by atoms with E-state index in [1.54, 1.807) is 7.11 Å². The van der Waals surface area contributed by atoms with Crippen molar-refractivity contribution in [2.24, 2.45) is 0 Å². The molecule has 0 aliphatic heterocycles. The van der Waals surface area contributed by atoms with Crippen molar-refractivity contribution in [3.05, 3.63) is 137 Å². The van der Waals surface area contributed by atoms with Crippen molar-refractivity contribution in [2.45, 2.75) is 30.6 Å². The molecule has 154 valence electrons. The van der Waals surface area contributed by atoms with Gasteiger partial charge in [-0.1, -0.05) is 103 Å². The largest absolute Gasteiger partial charge is 0.497 e. The molecule has 0 heterocycles. The van der Waals surface area contributed by atoms with Crippen molar-refractivity contribution in [3.63, 3.8) is 0 Å². The summed E-state index contributed by atoms with van der Waals surface area (Å²) in [6.07, 6.45) is 0. The molecule has 1 aliphatic carbocycles. The zero-order valence-corrected chi connectivity index (χ0v) is 18.1. The minimum Gasteiger partial charge on any atom is -0.497 e. The Morgan fingerprint density at radius 3 is 1.19 bits per heavy atom. The summed E-state index contributed by atoms with van der Waals surface area (Å²) >= 11 is 0. The SMILES string of the molecule is COc1ccc(C2C(c3ccccc3)C(c3ccc(C)cc3)C2c2ccccc2)cc1. The first-order valence-electron chi connectivity index (χ1n) is 11.1. The van der Waals surface area contributed by atoms with Gasteiger partial charge in [0.05, 0.1) is 7.11 Å². The number of methoxy groups -OCH3 is 1. The number of hydrogen-bond acceptors (Lipinski definition) is 1. The van der Waals surface area contributed by atoms with Gasteiger partial charge in [0, 0.05) is 0 Å². The van der Waals surface area contributed by atoms with Gasteiger partial charge in [-0.2, -0.15) is 0 Å². The van der Waals surface area contributed by atoms with Crippen LogP contribution in [0.15, 0.2) is 109 Å². The normalized spacial score (nSPS) is 22.5. The molecule has 1 fully saturated rings. The van der Waals surface area contributed by atoms with Crippen LogP contribution in [0.1, 0.15) is 51.5 Å². The Labute approximate surface area is 185 Å². The Morgan fingerprint density at radius 2 is 0.806 bits per heavy atom. The fourth-order valence-electron chi connectivity index (χ4n) is 5.37. The van der Waals surface area contributed by atoms with Gasteiger partial charge in [0.2, 0.25) is 0 Å². The fourth-order valence-corrected chi connectivity index (χ4v) is 5.37. The van der Waals surface area contributed by atoms with Gasteiger partial charge in [-0.25, -0.2) is 0 Å². The summed E-state index contributed by atoms with van der Waals surface area (Å²) in [5, 5.41) is 0. The maximum atomic E-state index is 5.43. The first-order chi connectivity index (χ1) is 15.3. The van der Waals surface area contributed by atoms with Gasteiger partial charge in [-0.3, -0.25) is 0 Å². The third-order valence-corrected chi connectivity index (χ3v) is 6.88. The molecule has 0 bridgehead atoms. The van der Waals surface area contributed by atoms with E-state index < -0.39 is 0 Å². The Balaban J connectivity index is 1.65. The number of rotatable bonds is 5. The van der Waals surface area contributed by atoms with Crippen molar-refractivity contribution in [1.29, 1.82) is 0 Å². The quantitative estimate of drug-likeness (QED) is 0.335. The second kappa shape index (κ2) is 8.43. The zero-order chi connectivity index (χ0) is 21.2. The molecule has 0 aromatic heterocycles. The summed E-state index contributed by atoms with van der Waals surface area (Å²) in [6, 6.07) is 39.9. The highest BCUT2D eigenvalue weighted by molar-refractivity contribution is 5.49. The van der Waals surface area contributed by atoms with Crippen LogP contribution in [-0.2, 0) is 0 Å². The van der Waals surface area contributed by atoms with Gasteiger partial charge < -0.3 is 4.74 Å². The van der Waals surface area contributed by atoms with Crippen LogP contribution in [0.3, 0.4) is 0 Å². The molecule has 4 aromatic carbocycles. The van der Waals surface area contributed by atoms with Crippen LogP contribution in [0.25, 0.3) is 0 Å². The molecule has 0 saturated heterocycles. The molecule has 0 radical (unpaired) electrons. The summed E-state index contributed by atoms with van der Waals surface area (Å²) in [4.78, 5) is 0. The Morgan fingerprint density at radius 1 is 0.452 bits per heavy atom. The Bertz CT molecular complexity index is 1070. The molecule has 1 heteroatoms. The molecule has 2 atom stereocenters. The van der Waals surface area contributed by atoms with Crippen molar-refractivity contribution >= 4 is 0 Å². The van der Waals surface area contributed by atoms with Crippen LogP contribution in [0, 0.1) is 6.92 Å². The summed E-state index contributed by atoms with van der Waals surface area (Å²) in [6.45, 7) is 2.16. The summed E-state index contributed by atoms with van der Waals surface area (Å²) in [5.41, 5.74) is 6.95. The van der Waals surface area contributed by atoms with Gasteiger partial charge in [0.1, 0.15) is 5.75 Å². The minimum atomic E-state index is 0.419. The molecule has 0 amide bonds. The van der Waals surface area contributed by atoms with Crippen molar-refractivity contribution < 1.29 is 4.74 Å². The molecule has 0 spiro atoms. The maximum Gasteiger partial charge on any atom is 0.118 e. The van der Waals surface area contributed by atoms with E-state index in [9.17, 15) is 0 Å². The van der Waals surface area contributed by atoms with E-state index in [0.717, 1.165) is 5.75 Å². The van der Waals surface area contributed by atoms with Crippen LogP contribution in [0.4, 0.5) is 0 Å². The molecule has 1 saturated carbocycles. The maximum absolute atomic E-state index is 5.43. The molecule has 5 rings (SSSR count). The van der Waals surface area contributed by atoms with E-state index in [1.165, 1.54) is 27.8 Å². The predicted octanol–water partition coefficient (Wildman–Crippen LogP) is 7.45. The molecule has 2 unspecified atom stereocenters. The van der Waals surface area contributed by atoms with Gasteiger partial charge in [-0.05, 0) is 65.0 Å². The van der Waals surface area contributed by atoms with Crippen LogP contribution in [0.5, 0.6) is 5.75 Å². The van der Waals surface area contributed by atoms with E-state index in [2.05, 4.69) is 116 Å². The molecular weight excluding hydrogens is 376 g/mol. The second-order valence-electron chi connectivity index (χ2n) is 8.61. The molecule has 31 heavy (non-hydrogen) atoms. The molecule has 0 N–H and O–H groups in total. The highest BCUT2D eigenvalue weighted by atomic mass is 16.5. The average molecular weight is 405 g/mol. The summed E-state index contributed by atoms with van der Waals surface area (Å²) in [5.74, 6) is 2.63. The lowest BCUT2D eigenvalue weighted by atomic mass is 9.49. The number of ether oxygens (including phenoxy) is 1. The van der Waals surface area contributed by atoms with Crippen LogP contribution < -0.4 is 4.74 Å². The minimum absolute atomic E-state index is 0.419. The molecular formula is C30H28O. The van der Waals surface area contributed by atoms with Crippen LogP contribution >= 0.6 is 0 Å². The number of hydrogen-bond donors (Lipinski definition) is 0. The highest BCUT2D eigenvalue weighted by Crippen LogP contribution is 2.66. The van der Waals surface area contributed by atoms with Crippen molar-refractivity contribution in [3.8, 4) is 5.75 Å². The number of aryl methyl sites for hydroxylation is 1. The van der Waals surface area contributed by atoms with E-state index in [1.807, 2.05) is 0 Å². The van der Waals surface area contributed by atoms with E-state index >= 15 is 0 Å². The first kappa shape index (κ1) is 19.6. The van der Waals surface area contributed by atoms with E-state index in [4.69, 9.17) is 4.74 Å². The van der Waals surface area contributed by atoms with Crippen molar-refractivity contribution in [1.82, 2.24) is 0 Å². The van der Waals surface area contributed by atoms with E-state index in [0.29, 0.717) is 23.7 Å². The van der Waals surface area contributed by atoms with Gasteiger partial charge >= 0.3 is 0 Å². The second-order valence-corrected chi connectivity index (χ2v) is 8.61. The van der Waals surface area contributed by atoms with Gasteiger partial charge in [-0.15, -0.1) is 0 Å². The summed E-state index contributed by atoms with van der Waals surface area (Å²) in [7, 11) is 1.73. The molecule has 1 nitrogen and oxygen atoms in total. The third kappa shape index (κ3) is 3.65. The molecule has 4 aromatic rings. The lowest BCUT2D eigenvalue weighted by Gasteiger charge is -2.54. The van der Waals surface area contributed by atoms with Crippen LogP contribution in [0.2, 0.25) is 0 Å². The average Bonchev–Trinajstić information content (AvgIpc) is 2.82. The molecule has 1 aliphatic rings. The smallest absolute Gasteiger partial charge is 0.118 e. The Kier molecular flexibility index (Phi) is 5.34. The predicted molar refractivity (Wildman–Crippen MR) is 128 cm³/mol. The zero-order valence-electron chi connectivity index (χ0n) is 18.1. The standard InChI is InChI=1S/C30H28O/c1-21-13-15-24(16-14-21)29-27(22-9-5-3-6-10-22)30(25-17-19-26(31-2)20-18-25)28(29)23-11-7-4-8-12-23/h3-20,27-30H,1-2H3.